The third-order valence-corrected chi connectivity index (χ3v) is 4.55. The highest BCUT2D eigenvalue weighted by molar-refractivity contribution is 5.26. The summed E-state index contributed by atoms with van der Waals surface area (Å²) in [6.45, 7) is 2.13. The van der Waals surface area contributed by atoms with Crippen molar-refractivity contribution in [3.8, 4) is 0 Å². The van der Waals surface area contributed by atoms with Crippen LogP contribution in [0.4, 0.5) is 8.78 Å². The highest BCUT2D eigenvalue weighted by atomic mass is 19.2. The van der Waals surface area contributed by atoms with Gasteiger partial charge in [-0.3, -0.25) is 0 Å². The second-order valence-corrected chi connectivity index (χ2v) is 6.02. The molecule has 0 aliphatic carbocycles. The summed E-state index contributed by atoms with van der Waals surface area (Å²) in [5.74, 6) is -1.95. The number of benzene rings is 1. The van der Waals surface area contributed by atoms with Crippen LogP contribution in [0, 0.1) is 17.6 Å². The van der Waals surface area contributed by atoms with E-state index in [2.05, 4.69) is 5.32 Å². The molecule has 22 heavy (non-hydrogen) atoms. The number of hydrogen-bond acceptors (Lipinski definition) is 3. The predicted octanol–water partition coefficient (Wildman–Crippen LogP) is 2.97. The lowest BCUT2D eigenvalue weighted by molar-refractivity contribution is -0.0465. The molecule has 1 aliphatic rings. The van der Waals surface area contributed by atoms with E-state index in [1.54, 1.807) is 7.11 Å². The van der Waals surface area contributed by atoms with Crippen molar-refractivity contribution in [2.75, 3.05) is 26.8 Å². The van der Waals surface area contributed by atoms with Gasteiger partial charge in [0, 0.05) is 31.7 Å². The molecular weight excluding hydrogens is 288 g/mol. The molecule has 2 atom stereocenters. The Morgan fingerprint density at radius 1 is 1.36 bits per heavy atom. The number of rotatable bonds is 7. The molecule has 1 aliphatic heterocycles. The third kappa shape index (κ3) is 3.83. The van der Waals surface area contributed by atoms with E-state index in [-0.39, 0.29) is 11.5 Å². The molecule has 1 heterocycles. The maximum Gasteiger partial charge on any atom is 0.164 e. The van der Waals surface area contributed by atoms with E-state index in [1.807, 2.05) is 0 Å². The van der Waals surface area contributed by atoms with E-state index < -0.39 is 17.2 Å². The number of hydrogen-bond donors (Lipinski definition) is 2. The smallest absolute Gasteiger partial charge is 0.164 e. The molecule has 1 aromatic carbocycles. The highest BCUT2D eigenvalue weighted by Gasteiger charge is 2.40. The number of methoxy groups -OCH3 is 1. The fourth-order valence-corrected chi connectivity index (χ4v) is 3.30. The Labute approximate surface area is 130 Å². The summed E-state index contributed by atoms with van der Waals surface area (Å²) in [7, 11) is 1.63. The van der Waals surface area contributed by atoms with E-state index in [1.165, 1.54) is 12.1 Å². The minimum absolute atomic E-state index is 0.0821. The number of nitrogens with one attached hydrogen (secondary N) is 1. The zero-order valence-electron chi connectivity index (χ0n) is 13.1. The molecule has 0 spiro atoms. The summed E-state index contributed by atoms with van der Waals surface area (Å²) in [4.78, 5) is 0. The van der Waals surface area contributed by atoms with E-state index in [0.717, 1.165) is 31.9 Å². The molecular formula is C17H25F2NO2. The summed E-state index contributed by atoms with van der Waals surface area (Å²) < 4.78 is 32.9. The van der Waals surface area contributed by atoms with E-state index in [9.17, 15) is 13.9 Å². The first-order valence-electron chi connectivity index (χ1n) is 7.96. The summed E-state index contributed by atoms with van der Waals surface area (Å²) in [6, 6.07) is 4.05. The summed E-state index contributed by atoms with van der Waals surface area (Å²) >= 11 is 0. The number of piperidine rings is 1. The Hall–Kier alpha value is -1.04. The number of ether oxygens (including phenoxy) is 1. The van der Waals surface area contributed by atoms with Gasteiger partial charge >= 0.3 is 0 Å². The molecule has 1 aromatic rings. The van der Waals surface area contributed by atoms with Crippen LogP contribution in [0.15, 0.2) is 18.2 Å². The molecule has 124 valence electrons. The SMILES string of the molecule is COCCCC[C@@](O)(c1cccc(F)c1F)C1CCCNC1. The van der Waals surface area contributed by atoms with Crippen LogP contribution >= 0.6 is 0 Å². The van der Waals surface area contributed by atoms with Gasteiger partial charge in [-0.2, -0.15) is 0 Å². The number of halogens is 2. The normalized spacial score (nSPS) is 21.5. The van der Waals surface area contributed by atoms with Crippen molar-refractivity contribution in [3.05, 3.63) is 35.4 Å². The summed E-state index contributed by atoms with van der Waals surface area (Å²) in [6.07, 6.45) is 3.64. The Morgan fingerprint density at radius 2 is 2.18 bits per heavy atom. The van der Waals surface area contributed by atoms with Crippen LogP contribution in [0.5, 0.6) is 0 Å². The van der Waals surface area contributed by atoms with E-state index in [4.69, 9.17) is 4.74 Å². The first-order chi connectivity index (χ1) is 10.6. The van der Waals surface area contributed by atoms with Gasteiger partial charge in [-0.15, -0.1) is 0 Å². The van der Waals surface area contributed by atoms with Crippen molar-refractivity contribution in [1.29, 1.82) is 0 Å². The second-order valence-electron chi connectivity index (χ2n) is 6.02. The maximum absolute atomic E-state index is 14.2. The van der Waals surface area contributed by atoms with Crippen molar-refractivity contribution in [2.45, 2.75) is 37.7 Å². The van der Waals surface area contributed by atoms with E-state index in [0.29, 0.717) is 26.0 Å². The summed E-state index contributed by atoms with van der Waals surface area (Å²) in [5.41, 5.74) is -1.26. The lowest BCUT2D eigenvalue weighted by Crippen LogP contribution is -2.45. The molecule has 0 bridgehead atoms. The predicted molar refractivity (Wildman–Crippen MR) is 81.6 cm³/mol. The molecule has 3 nitrogen and oxygen atoms in total. The lowest BCUT2D eigenvalue weighted by Gasteiger charge is -2.39. The van der Waals surface area contributed by atoms with Gasteiger partial charge in [0.1, 0.15) is 0 Å². The van der Waals surface area contributed by atoms with Crippen LogP contribution in [0.3, 0.4) is 0 Å². The van der Waals surface area contributed by atoms with Crippen LogP contribution in [-0.4, -0.2) is 31.9 Å². The maximum atomic E-state index is 14.2. The number of aliphatic hydroxyl groups is 1. The first-order valence-corrected chi connectivity index (χ1v) is 7.96. The van der Waals surface area contributed by atoms with Crippen molar-refractivity contribution >= 4 is 0 Å². The number of unbranched alkanes of at least 4 members (excludes halogenated alkanes) is 1. The average molecular weight is 313 g/mol. The van der Waals surface area contributed by atoms with Crippen LogP contribution in [0.25, 0.3) is 0 Å². The molecule has 1 fully saturated rings. The minimum Gasteiger partial charge on any atom is -0.385 e. The zero-order chi connectivity index (χ0) is 16.0. The minimum atomic E-state index is -1.34. The molecule has 0 radical (unpaired) electrons. The van der Waals surface area contributed by atoms with E-state index >= 15 is 0 Å². The molecule has 1 unspecified atom stereocenters. The molecule has 0 saturated carbocycles. The van der Waals surface area contributed by atoms with Crippen molar-refractivity contribution in [3.63, 3.8) is 0 Å². The standard InChI is InChI=1S/C17H25F2NO2/c1-22-11-3-2-9-17(21,13-6-5-10-20-12-13)14-7-4-8-15(18)16(14)19/h4,7-8,13,20-21H,2-3,5-6,9-12H2,1H3/t13?,17-/m0/s1. The Morgan fingerprint density at radius 3 is 2.86 bits per heavy atom. The zero-order valence-corrected chi connectivity index (χ0v) is 13.1. The monoisotopic (exact) mass is 313 g/mol. The molecule has 0 aromatic heterocycles. The third-order valence-electron chi connectivity index (χ3n) is 4.55. The van der Waals surface area contributed by atoms with Crippen molar-refractivity contribution in [1.82, 2.24) is 5.32 Å². The lowest BCUT2D eigenvalue weighted by atomic mass is 9.74. The Bertz CT molecular complexity index is 478. The van der Waals surface area contributed by atoms with Gasteiger partial charge in [0.25, 0.3) is 0 Å². The van der Waals surface area contributed by atoms with Gasteiger partial charge in [-0.05, 0) is 44.7 Å². The fraction of sp³-hybridized carbons (Fsp3) is 0.647. The van der Waals surface area contributed by atoms with Gasteiger partial charge in [0.2, 0.25) is 0 Å². The van der Waals surface area contributed by atoms with Gasteiger partial charge < -0.3 is 15.2 Å². The highest BCUT2D eigenvalue weighted by Crippen LogP contribution is 2.39. The quantitative estimate of drug-likeness (QED) is 0.761. The first kappa shape index (κ1) is 17.3. The van der Waals surface area contributed by atoms with Gasteiger partial charge in [0.15, 0.2) is 11.6 Å². The average Bonchev–Trinajstić information content (AvgIpc) is 2.55. The van der Waals surface area contributed by atoms with Crippen LogP contribution in [-0.2, 0) is 10.3 Å². The van der Waals surface area contributed by atoms with Crippen LogP contribution in [0.2, 0.25) is 0 Å². The molecule has 0 amide bonds. The molecule has 2 N–H and O–H groups in total. The largest absolute Gasteiger partial charge is 0.385 e. The van der Waals surface area contributed by atoms with Crippen LogP contribution < -0.4 is 5.32 Å². The fourth-order valence-electron chi connectivity index (χ4n) is 3.30. The van der Waals surface area contributed by atoms with Crippen molar-refractivity contribution in [2.24, 2.45) is 5.92 Å². The molecule has 5 heteroatoms. The Kier molecular flexibility index (Phi) is 6.29. The second kappa shape index (κ2) is 7.99. The Balaban J connectivity index is 2.25. The van der Waals surface area contributed by atoms with Gasteiger partial charge in [0.05, 0.1) is 5.60 Å². The topological polar surface area (TPSA) is 41.5 Å². The van der Waals surface area contributed by atoms with Crippen LogP contribution in [0.1, 0.15) is 37.7 Å². The summed E-state index contributed by atoms with van der Waals surface area (Å²) in [5, 5.41) is 14.5. The molecule has 2 rings (SSSR count). The van der Waals surface area contributed by atoms with Gasteiger partial charge in [-0.1, -0.05) is 12.1 Å². The van der Waals surface area contributed by atoms with Gasteiger partial charge in [-0.25, -0.2) is 8.78 Å². The van der Waals surface area contributed by atoms with Crippen molar-refractivity contribution < 1.29 is 18.6 Å². The molecule has 1 saturated heterocycles.